The normalized spacial score (nSPS) is 16.9. The largest absolute Gasteiger partial charge is 0.355 e. The second-order valence-corrected chi connectivity index (χ2v) is 8.27. The minimum absolute atomic E-state index is 0.0212. The maximum atomic E-state index is 13.1. The minimum atomic E-state index is -0.129. The molecule has 4 rings (SSSR count). The molecule has 0 saturated carbocycles. The van der Waals surface area contributed by atoms with Gasteiger partial charge in [0.15, 0.2) is 0 Å². The van der Waals surface area contributed by atoms with E-state index in [4.69, 9.17) is 0 Å². The molecule has 1 atom stereocenters. The number of nitrogens with one attached hydrogen (secondary N) is 1. The zero-order chi connectivity index (χ0) is 19.3. The van der Waals surface area contributed by atoms with Crippen molar-refractivity contribution < 1.29 is 9.59 Å². The van der Waals surface area contributed by atoms with Crippen molar-refractivity contribution in [1.82, 2.24) is 10.2 Å². The van der Waals surface area contributed by atoms with Crippen LogP contribution in [0.25, 0.3) is 10.8 Å². The molecule has 2 amide bonds. The first-order valence-corrected chi connectivity index (χ1v) is 10.7. The summed E-state index contributed by atoms with van der Waals surface area (Å²) in [5, 5.41) is 7.13. The van der Waals surface area contributed by atoms with Gasteiger partial charge >= 0.3 is 0 Å². The highest BCUT2D eigenvalue weighted by atomic mass is 32.1. The molecule has 1 N–H and O–H groups in total. The Bertz CT molecular complexity index is 962. The van der Waals surface area contributed by atoms with E-state index in [1.807, 2.05) is 53.4 Å². The average molecular weight is 393 g/mol. The monoisotopic (exact) mass is 392 g/mol. The molecule has 5 heteroatoms. The third kappa shape index (κ3) is 4.09. The molecule has 2 aromatic carbocycles. The number of carbonyl (C=O) groups is 2. The van der Waals surface area contributed by atoms with Crippen LogP contribution in [-0.4, -0.2) is 36.3 Å². The third-order valence-electron chi connectivity index (χ3n) is 5.35. The van der Waals surface area contributed by atoms with Gasteiger partial charge in [0.05, 0.1) is 5.92 Å². The number of carbonyl (C=O) groups excluding carboxylic acids is 2. The summed E-state index contributed by atoms with van der Waals surface area (Å²) in [5.74, 6) is -0.0455. The number of piperidine rings is 1. The van der Waals surface area contributed by atoms with E-state index in [2.05, 4.69) is 16.8 Å². The summed E-state index contributed by atoms with van der Waals surface area (Å²) in [4.78, 5) is 28.9. The van der Waals surface area contributed by atoms with Gasteiger partial charge in [0.25, 0.3) is 5.91 Å². The lowest BCUT2D eigenvalue weighted by molar-refractivity contribution is -0.126. The van der Waals surface area contributed by atoms with Gasteiger partial charge in [-0.25, -0.2) is 0 Å². The topological polar surface area (TPSA) is 49.4 Å². The number of rotatable bonds is 5. The number of fused-ring (bicyclic) bond motifs is 1. The number of hydrogen-bond donors (Lipinski definition) is 1. The van der Waals surface area contributed by atoms with Crippen molar-refractivity contribution >= 4 is 33.9 Å². The van der Waals surface area contributed by atoms with Gasteiger partial charge in [0, 0.05) is 30.1 Å². The fourth-order valence-electron chi connectivity index (χ4n) is 3.87. The highest BCUT2D eigenvalue weighted by molar-refractivity contribution is 7.09. The van der Waals surface area contributed by atoms with E-state index in [9.17, 15) is 9.59 Å². The smallest absolute Gasteiger partial charge is 0.254 e. The molecular weight excluding hydrogens is 368 g/mol. The van der Waals surface area contributed by atoms with Crippen LogP contribution in [-0.2, 0) is 11.2 Å². The molecule has 0 bridgehead atoms. The SMILES string of the molecule is O=C(NCCc1cccs1)[C@H]1CCCN(C(=O)c2cccc3ccccc23)C1. The predicted molar refractivity (Wildman–Crippen MR) is 114 cm³/mol. The molecule has 28 heavy (non-hydrogen) atoms. The van der Waals surface area contributed by atoms with Crippen LogP contribution in [0.3, 0.4) is 0 Å². The Morgan fingerprint density at radius 1 is 1.07 bits per heavy atom. The van der Waals surface area contributed by atoms with Gasteiger partial charge in [-0.3, -0.25) is 9.59 Å². The van der Waals surface area contributed by atoms with Gasteiger partial charge in [-0.15, -0.1) is 11.3 Å². The van der Waals surface area contributed by atoms with Crippen molar-refractivity contribution in [2.75, 3.05) is 19.6 Å². The minimum Gasteiger partial charge on any atom is -0.355 e. The summed E-state index contributed by atoms with van der Waals surface area (Å²) >= 11 is 1.71. The summed E-state index contributed by atoms with van der Waals surface area (Å²) in [6.07, 6.45) is 2.55. The van der Waals surface area contributed by atoms with Crippen molar-refractivity contribution in [3.8, 4) is 0 Å². The molecule has 1 fully saturated rings. The van der Waals surface area contributed by atoms with Gasteiger partial charge in [-0.05, 0) is 47.5 Å². The molecule has 0 unspecified atom stereocenters. The van der Waals surface area contributed by atoms with Crippen LogP contribution in [0.5, 0.6) is 0 Å². The van der Waals surface area contributed by atoms with Gasteiger partial charge in [-0.1, -0.05) is 42.5 Å². The molecule has 0 spiro atoms. The zero-order valence-corrected chi connectivity index (χ0v) is 16.6. The molecule has 1 saturated heterocycles. The standard InChI is InChI=1S/C23H24N2O2S/c26-22(24-13-12-19-9-5-15-28-19)18-8-4-14-25(16-18)23(27)21-11-3-7-17-6-1-2-10-20(17)21/h1-3,5-7,9-11,15,18H,4,8,12-14,16H2,(H,24,26)/t18-/m0/s1. The fraction of sp³-hybridized carbons (Fsp3) is 0.304. The molecule has 0 radical (unpaired) electrons. The summed E-state index contributed by atoms with van der Waals surface area (Å²) in [6, 6.07) is 17.9. The molecule has 1 aliphatic rings. The summed E-state index contributed by atoms with van der Waals surface area (Å²) in [7, 11) is 0. The van der Waals surface area contributed by atoms with E-state index < -0.39 is 0 Å². The molecule has 4 nitrogen and oxygen atoms in total. The van der Waals surface area contributed by atoms with E-state index in [1.165, 1.54) is 4.88 Å². The Labute approximate surface area is 169 Å². The molecule has 0 aliphatic carbocycles. The summed E-state index contributed by atoms with van der Waals surface area (Å²) in [5.41, 5.74) is 0.719. The Hall–Kier alpha value is -2.66. The van der Waals surface area contributed by atoms with Crippen LogP contribution in [0.1, 0.15) is 28.1 Å². The van der Waals surface area contributed by atoms with Crippen molar-refractivity contribution in [2.24, 2.45) is 5.92 Å². The van der Waals surface area contributed by atoms with E-state index in [1.54, 1.807) is 11.3 Å². The average Bonchev–Trinajstić information content (AvgIpc) is 3.26. The second kappa shape index (κ2) is 8.57. The highest BCUT2D eigenvalue weighted by Gasteiger charge is 2.29. The van der Waals surface area contributed by atoms with Gasteiger partial charge in [-0.2, -0.15) is 0 Å². The Morgan fingerprint density at radius 2 is 1.93 bits per heavy atom. The summed E-state index contributed by atoms with van der Waals surface area (Å²) in [6.45, 7) is 1.85. The van der Waals surface area contributed by atoms with Crippen LogP contribution in [0.4, 0.5) is 0 Å². The molecule has 144 valence electrons. The highest BCUT2D eigenvalue weighted by Crippen LogP contribution is 2.23. The first-order valence-electron chi connectivity index (χ1n) is 9.79. The number of benzene rings is 2. The van der Waals surface area contributed by atoms with Crippen molar-refractivity contribution in [3.05, 3.63) is 70.4 Å². The Balaban J connectivity index is 1.40. The fourth-order valence-corrected chi connectivity index (χ4v) is 4.57. The molecule has 1 aromatic heterocycles. The van der Waals surface area contributed by atoms with E-state index in [0.29, 0.717) is 19.6 Å². The van der Waals surface area contributed by atoms with Gasteiger partial charge in [0.2, 0.25) is 5.91 Å². The lowest BCUT2D eigenvalue weighted by Crippen LogP contribution is -2.45. The van der Waals surface area contributed by atoms with Crippen LogP contribution >= 0.6 is 11.3 Å². The first-order chi connectivity index (χ1) is 13.7. The van der Waals surface area contributed by atoms with Crippen molar-refractivity contribution in [2.45, 2.75) is 19.3 Å². The van der Waals surface area contributed by atoms with E-state index >= 15 is 0 Å². The molecule has 2 heterocycles. The molecule has 3 aromatic rings. The Morgan fingerprint density at radius 3 is 2.79 bits per heavy atom. The lowest BCUT2D eigenvalue weighted by atomic mass is 9.95. The van der Waals surface area contributed by atoms with Crippen LogP contribution in [0.2, 0.25) is 0 Å². The van der Waals surface area contributed by atoms with Crippen molar-refractivity contribution in [3.63, 3.8) is 0 Å². The number of amides is 2. The third-order valence-corrected chi connectivity index (χ3v) is 6.29. The van der Waals surface area contributed by atoms with Crippen molar-refractivity contribution in [1.29, 1.82) is 0 Å². The molecular formula is C23H24N2O2S. The Kier molecular flexibility index (Phi) is 5.72. The lowest BCUT2D eigenvalue weighted by Gasteiger charge is -2.32. The number of likely N-dealkylation sites (tertiary alicyclic amines) is 1. The van der Waals surface area contributed by atoms with Gasteiger partial charge in [0.1, 0.15) is 0 Å². The van der Waals surface area contributed by atoms with Crippen LogP contribution in [0, 0.1) is 5.92 Å². The summed E-state index contributed by atoms with van der Waals surface area (Å²) < 4.78 is 0. The number of thiophene rings is 1. The first kappa shape index (κ1) is 18.7. The van der Waals surface area contributed by atoms with E-state index in [0.717, 1.165) is 35.6 Å². The predicted octanol–water partition coefficient (Wildman–Crippen LogP) is 4.11. The zero-order valence-electron chi connectivity index (χ0n) is 15.8. The maximum Gasteiger partial charge on any atom is 0.254 e. The molecule has 1 aliphatic heterocycles. The van der Waals surface area contributed by atoms with Gasteiger partial charge < -0.3 is 10.2 Å². The second-order valence-electron chi connectivity index (χ2n) is 7.24. The van der Waals surface area contributed by atoms with Crippen LogP contribution in [0.15, 0.2) is 60.0 Å². The number of hydrogen-bond acceptors (Lipinski definition) is 3. The maximum absolute atomic E-state index is 13.1. The quantitative estimate of drug-likeness (QED) is 0.710. The van der Waals surface area contributed by atoms with Crippen LogP contribution < -0.4 is 5.32 Å². The number of nitrogens with zero attached hydrogens (tertiary/aromatic N) is 1. The van der Waals surface area contributed by atoms with E-state index in [-0.39, 0.29) is 17.7 Å².